The van der Waals surface area contributed by atoms with Crippen LogP contribution in [0.25, 0.3) is 6.08 Å². The molecule has 1 aromatic heterocycles. The van der Waals surface area contributed by atoms with Crippen molar-refractivity contribution in [1.82, 2.24) is 9.80 Å². The van der Waals surface area contributed by atoms with E-state index in [9.17, 15) is 9.90 Å². The van der Waals surface area contributed by atoms with Crippen LogP contribution in [0.15, 0.2) is 35.2 Å². The summed E-state index contributed by atoms with van der Waals surface area (Å²) in [6.45, 7) is 7.21. The Morgan fingerprint density at radius 2 is 2.15 bits per heavy atom. The maximum absolute atomic E-state index is 13.8. The second kappa shape index (κ2) is 9.33. The number of methoxy groups -OCH3 is 1. The van der Waals surface area contributed by atoms with E-state index >= 15 is 0 Å². The Bertz CT molecular complexity index is 1280. The first-order valence-electron chi connectivity index (χ1n) is 14.8. The number of nitrogens with zero attached hydrogens (tertiary/aromatic N) is 2. The van der Waals surface area contributed by atoms with Crippen molar-refractivity contribution in [2.45, 2.75) is 76.0 Å². The molecule has 5 atom stereocenters. The number of hydrogen-bond donors (Lipinski definition) is 1. The molecule has 208 valence electrons. The van der Waals surface area contributed by atoms with E-state index in [0.29, 0.717) is 35.9 Å². The van der Waals surface area contributed by atoms with Gasteiger partial charge >= 0.3 is 0 Å². The minimum absolute atomic E-state index is 0.0119. The average molecular weight is 533 g/mol. The van der Waals surface area contributed by atoms with Gasteiger partial charge < -0.3 is 23.9 Å². The molecule has 0 radical (unpaired) electrons. The van der Waals surface area contributed by atoms with Crippen molar-refractivity contribution >= 4 is 12.0 Å². The number of carbonyl (C=O) groups excluding carboxylic acids is 1. The highest BCUT2D eigenvalue weighted by molar-refractivity contribution is 5.92. The fraction of sp³-hybridized carbons (Fsp3) is 0.594. The highest BCUT2D eigenvalue weighted by atomic mass is 16.5. The van der Waals surface area contributed by atoms with Crippen LogP contribution in [0.3, 0.4) is 0 Å². The average Bonchev–Trinajstić information content (AvgIpc) is 3.45. The molecule has 2 aliphatic heterocycles. The number of phenols is 1. The van der Waals surface area contributed by atoms with Crippen LogP contribution in [0, 0.1) is 17.8 Å². The summed E-state index contributed by atoms with van der Waals surface area (Å²) in [5.74, 6) is 3.34. The summed E-state index contributed by atoms with van der Waals surface area (Å²) in [6, 6.07) is 3.95. The van der Waals surface area contributed by atoms with Gasteiger partial charge in [0.2, 0.25) is 5.91 Å². The lowest BCUT2D eigenvalue weighted by molar-refractivity contribution is -0.138. The highest BCUT2D eigenvalue weighted by Crippen LogP contribution is 2.65. The van der Waals surface area contributed by atoms with Crippen LogP contribution >= 0.6 is 0 Å². The molecule has 1 N–H and O–H groups in total. The summed E-state index contributed by atoms with van der Waals surface area (Å²) < 4.78 is 17.9. The van der Waals surface area contributed by atoms with Crippen molar-refractivity contribution in [1.29, 1.82) is 0 Å². The first-order chi connectivity index (χ1) is 18.9. The molecule has 2 aromatic rings. The molecule has 2 bridgehead atoms. The number of phenolic OH excluding ortho intramolecular Hbond substituents is 1. The van der Waals surface area contributed by atoms with Crippen LogP contribution in [0.4, 0.5) is 0 Å². The van der Waals surface area contributed by atoms with Gasteiger partial charge in [0.25, 0.3) is 0 Å². The van der Waals surface area contributed by atoms with Crippen molar-refractivity contribution in [2.24, 2.45) is 17.8 Å². The summed E-state index contributed by atoms with van der Waals surface area (Å²) in [5.41, 5.74) is 2.87. The summed E-state index contributed by atoms with van der Waals surface area (Å²) >= 11 is 0. The van der Waals surface area contributed by atoms with Gasteiger partial charge in [-0.1, -0.05) is 13.8 Å². The van der Waals surface area contributed by atoms with Crippen molar-refractivity contribution in [3.8, 4) is 17.2 Å². The molecule has 3 heterocycles. The second-order valence-electron chi connectivity index (χ2n) is 12.8. The van der Waals surface area contributed by atoms with Crippen molar-refractivity contribution in [3.63, 3.8) is 0 Å². The van der Waals surface area contributed by atoms with Crippen LogP contribution in [-0.2, 0) is 16.6 Å². The minimum atomic E-state index is -0.216. The molecule has 1 aromatic carbocycles. The second-order valence-corrected chi connectivity index (χ2v) is 12.8. The van der Waals surface area contributed by atoms with Crippen LogP contribution in [-0.4, -0.2) is 65.7 Å². The number of ether oxygens (including phenoxy) is 2. The zero-order valence-corrected chi connectivity index (χ0v) is 23.3. The van der Waals surface area contributed by atoms with Crippen LogP contribution < -0.4 is 9.47 Å². The van der Waals surface area contributed by atoms with Gasteiger partial charge in [0, 0.05) is 53.4 Å². The van der Waals surface area contributed by atoms with Gasteiger partial charge in [-0.25, -0.2) is 0 Å². The highest BCUT2D eigenvalue weighted by Gasteiger charge is 2.67. The summed E-state index contributed by atoms with van der Waals surface area (Å²) in [6.07, 6.45) is 13.1. The van der Waals surface area contributed by atoms with Crippen molar-refractivity contribution in [3.05, 3.63) is 47.4 Å². The normalized spacial score (nSPS) is 30.9. The first-order valence-corrected chi connectivity index (χ1v) is 14.8. The van der Waals surface area contributed by atoms with E-state index in [1.807, 2.05) is 12.1 Å². The van der Waals surface area contributed by atoms with E-state index in [1.165, 1.54) is 24.9 Å². The van der Waals surface area contributed by atoms with Gasteiger partial charge in [-0.05, 0) is 75.0 Å². The predicted molar refractivity (Wildman–Crippen MR) is 148 cm³/mol. The molecule has 5 aliphatic rings. The summed E-state index contributed by atoms with van der Waals surface area (Å²) in [7, 11) is 1.65. The number of furan rings is 1. The number of likely N-dealkylation sites (tertiary alicyclic amines) is 1. The Morgan fingerprint density at radius 3 is 2.87 bits per heavy atom. The Labute approximate surface area is 230 Å². The van der Waals surface area contributed by atoms with Crippen molar-refractivity contribution < 1.29 is 23.8 Å². The van der Waals surface area contributed by atoms with Crippen LogP contribution in [0.1, 0.15) is 62.6 Å². The van der Waals surface area contributed by atoms with Gasteiger partial charge in [-0.15, -0.1) is 0 Å². The number of amides is 1. The molecule has 2 saturated carbocycles. The fourth-order valence-corrected chi connectivity index (χ4v) is 8.40. The molecule has 3 aliphatic carbocycles. The quantitative estimate of drug-likeness (QED) is 0.482. The number of aromatic hydroxyl groups is 1. The number of carbonyl (C=O) groups is 1. The zero-order chi connectivity index (χ0) is 26.9. The molecule has 1 amide bonds. The maximum Gasteiger partial charge on any atom is 0.246 e. The third-order valence-electron chi connectivity index (χ3n) is 10.1. The molecular formula is C32H40N2O5. The van der Waals surface area contributed by atoms with Gasteiger partial charge in [-0.2, -0.15) is 0 Å². The largest absolute Gasteiger partial charge is 0.508 e. The molecular weight excluding hydrogens is 492 g/mol. The third-order valence-corrected chi connectivity index (χ3v) is 10.1. The van der Waals surface area contributed by atoms with E-state index in [2.05, 4.69) is 23.6 Å². The van der Waals surface area contributed by atoms with Gasteiger partial charge in [0.15, 0.2) is 11.5 Å². The monoisotopic (exact) mass is 532 g/mol. The van der Waals surface area contributed by atoms with Gasteiger partial charge in [0.1, 0.15) is 11.9 Å². The lowest BCUT2D eigenvalue weighted by atomic mass is 9.50. The fourth-order valence-electron chi connectivity index (χ4n) is 8.40. The SMILES string of the molecule is COc1cc(O)c2c3c1O[C@H]1[C@H](N(CC(C)C)C(=O)/C=C/c4ccoc4)CC[C@H]4[C@@H](C2)N(CC2CC2)CC[C@@]341. The topological polar surface area (TPSA) is 75.4 Å². The lowest BCUT2D eigenvalue weighted by Gasteiger charge is -2.60. The Hall–Kier alpha value is -2.93. The Kier molecular flexibility index (Phi) is 5.99. The summed E-state index contributed by atoms with van der Waals surface area (Å²) in [5, 5.41) is 11.2. The number of hydrogen-bond acceptors (Lipinski definition) is 6. The molecule has 7 rings (SSSR count). The first kappa shape index (κ1) is 25.1. The van der Waals surface area contributed by atoms with E-state index < -0.39 is 0 Å². The van der Waals surface area contributed by atoms with Crippen molar-refractivity contribution in [2.75, 3.05) is 26.7 Å². The third kappa shape index (κ3) is 3.91. The zero-order valence-electron chi connectivity index (χ0n) is 23.3. The maximum atomic E-state index is 13.8. The standard InChI is InChI=1S/C32H40N2O5/c1-19(2)16-34(28(36)9-6-21-10-13-38-18-21)24-8-7-23-25-14-22-26(35)15-27(37-3)30-29(22)32(23,31(24)39-30)11-12-33(25)17-20-4-5-20/h6,9-10,13,15,18-20,23-25,31,35H,4-5,7-8,11-12,14,16-17H2,1-3H3/b9-6+/t23-,24+,25+,31-,32-/m0/s1. The van der Waals surface area contributed by atoms with Crippen LogP contribution in [0.5, 0.6) is 17.2 Å². The van der Waals surface area contributed by atoms with E-state index in [4.69, 9.17) is 13.9 Å². The molecule has 7 nitrogen and oxygen atoms in total. The van der Waals surface area contributed by atoms with E-state index in [-0.39, 0.29) is 23.5 Å². The Morgan fingerprint density at radius 1 is 1.31 bits per heavy atom. The number of piperidine rings is 1. The van der Waals surface area contributed by atoms with Gasteiger partial charge in [-0.3, -0.25) is 9.69 Å². The molecule has 39 heavy (non-hydrogen) atoms. The molecule has 1 spiro atoms. The lowest BCUT2D eigenvalue weighted by Crippen LogP contribution is -2.69. The smallest absolute Gasteiger partial charge is 0.246 e. The minimum Gasteiger partial charge on any atom is -0.508 e. The Balaban J connectivity index is 1.30. The molecule has 0 unspecified atom stereocenters. The van der Waals surface area contributed by atoms with Gasteiger partial charge in [0.05, 0.1) is 25.7 Å². The van der Waals surface area contributed by atoms with E-state index in [0.717, 1.165) is 55.0 Å². The number of rotatable bonds is 8. The van der Waals surface area contributed by atoms with E-state index in [1.54, 1.807) is 31.8 Å². The summed E-state index contributed by atoms with van der Waals surface area (Å²) in [4.78, 5) is 18.6. The molecule has 7 heteroatoms. The number of benzene rings is 1. The molecule has 3 fully saturated rings. The molecule has 1 saturated heterocycles. The predicted octanol–water partition coefficient (Wildman–Crippen LogP) is 5.01. The van der Waals surface area contributed by atoms with Crippen LogP contribution in [0.2, 0.25) is 0 Å².